The van der Waals surface area contributed by atoms with Gasteiger partial charge in [0.25, 0.3) is 0 Å². The second kappa shape index (κ2) is 7.65. The normalized spacial score (nSPS) is 14.3. The van der Waals surface area contributed by atoms with Crippen molar-refractivity contribution in [2.24, 2.45) is 11.7 Å². The summed E-state index contributed by atoms with van der Waals surface area (Å²) < 4.78 is 5.75. The lowest BCUT2D eigenvalue weighted by molar-refractivity contribution is 0.251. The summed E-state index contributed by atoms with van der Waals surface area (Å²) in [6.45, 7) is 7.10. The van der Waals surface area contributed by atoms with Crippen LogP contribution in [0.15, 0.2) is 18.2 Å². The first-order chi connectivity index (χ1) is 8.52. The number of halogens is 1. The smallest absolute Gasteiger partial charge is 0.137 e. The van der Waals surface area contributed by atoms with Crippen LogP contribution in [0.2, 0.25) is 5.02 Å². The van der Waals surface area contributed by atoms with Crippen molar-refractivity contribution in [2.75, 3.05) is 6.61 Å². The molecule has 2 atom stereocenters. The molecule has 2 nitrogen and oxygen atoms in total. The van der Waals surface area contributed by atoms with E-state index in [-0.39, 0.29) is 6.04 Å². The zero-order valence-corrected chi connectivity index (χ0v) is 12.3. The second-order valence-corrected chi connectivity index (χ2v) is 5.56. The molecule has 0 aliphatic rings. The van der Waals surface area contributed by atoms with Gasteiger partial charge in [-0.2, -0.15) is 0 Å². The van der Waals surface area contributed by atoms with Gasteiger partial charge in [-0.25, -0.2) is 0 Å². The van der Waals surface area contributed by atoms with Gasteiger partial charge in [-0.05, 0) is 43.4 Å². The number of ether oxygens (including phenoxy) is 1. The molecule has 0 heterocycles. The minimum Gasteiger partial charge on any atom is -0.492 e. The van der Waals surface area contributed by atoms with Crippen LogP contribution >= 0.6 is 11.6 Å². The molecule has 18 heavy (non-hydrogen) atoms. The van der Waals surface area contributed by atoms with E-state index in [1.165, 1.54) is 12.8 Å². The number of hydrogen-bond acceptors (Lipinski definition) is 2. The molecule has 1 rings (SSSR count). The van der Waals surface area contributed by atoms with Crippen molar-refractivity contribution in [3.05, 3.63) is 28.8 Å². The average Bonchev–Trinajstić information content (AvgIpc) is 2.27. The number of nitrogens with two attached hydrogens (primary N) is 1. The van der Waals surface area contributed by atoms with Crippen LogP contribution in [0.3, 0.4) is 0 Å². The van der Waals surface area contributed by atoms with Gasteiger partial charge in [0.15, 0.2) is 0 Å². The molecule has 3 heteroatoms. The first-order valence-electron chi connectivity index (χ1n) is 6.69. The Kier molecular flexibility index (Phi) is 6.51. The van der Waals surface area contributed by atoms with Crippen LogP contribution in [0.25, 0.3) is 0 Å². The molecule has 0 aromatic heterocycles. The van der Waals surface area contributed by atoms with Crippen LogP contribution in [-0.4, -0.2) is 12.6 Å². The van der Waals surface area contributed by atoms with E-state index in [0.717, 1.165) is 24.3 Å². The Morgan fingerprint density at radius 2 is 2.06 bits per heavy atom. The van der Waals surface area contributed by atoms with E-state index in [4.69, 9.17) is 22.1 Å². The summed E-state index contributed by atoms with van der Waals surface area (Å²) >= 11 is 6.21. The maximum atomic E-state index is 6.21. The largest absolute Gasteiger partial charge is 0.492 e. The Morgan fingerprint density at radius 3 is 2.61 bits per heavy atom. The van der Waals surface area contributed by atoms with Crippen LogP contribution in [0, 0.1) is 5.92 Å². The van der Waals surface area contributed by atoms with Crippen molar-refractivity contribution >= 4 is 11.6 Å². The van der Waals surface area contributed by atoms with Crippen LogP contribution in [0.5, 0.6) is 5.75 Å². The van der Waals surface area contributed by atoms with Crippen molar-refractivity contribution in [1.82, 2.24) is 0 Å². The summed E-state index contributed by atoms with van der Waals surface area (Å²) in [5.74, 6) is 1.34. The van der Waals surface area contributed by atoms with Gasteiger partial charge < -0.3 is 10.5 Å². The maximum absolute atomic E-state index is 6.21. The fraction of sp³-hybridized carbons (Fsp3) is 0.600. The van der Waals surface area contributed by atoms with Crippen molar-refractivity contribution in [3.63, 3.8) is 0 Å². The van der Waals surface area contributed by atoms with E-state index < -0.39 is 0 Å². The third-order valence-electron chi connectivity index (χ3n) is 2.86. The number of rotatable bonds is 7. The Labute approximate surface area is 115 Å². The summed E-state index contributed by atoms with van der Waals surface area (Å²) in [5, 5.41) is 0.678. The molecule has 0 aliphatic carbocycles. The molecule has 2 N–H and O–H groups in total. The zero-order valence-electron chi connectivity index (χ0n) is 11.6. The molecule has 0 bridgehead atoms. The highest BCUT2D eigenvalue weighted by Crippen LogP contribution is 2.26. The third kappa shape index (κ3) is 5.28. The summed E-state index contributed by atoms with van der Waals surface area (Å²) in [6, 6.07) is 6.08. The van der Waals surface area contributed by atoms with Gasteiger partial charge in [0, 0.05) is 6.04 Å². The highest BCUT2D eigenvalue weighted by Gasteiger charge is 2.07. The Balaban J connectivity index is 2.57. The molecule has 0 radical (unpaired) electrons. The summed E-state index contributed by atoms with van der Waals surface area (Å²) in [6.07, 6.45) is 3.21. The molecule has 1 aromatic carbocycles. The standard InChI is InChI=1S/C15H24ClNO/c1-4-5-11(2)10-18-15-7-6-13(8-12(3)17)9-14(15)16/h6-7,9,11-12H,4-5,8,10,17H2,1-3H3. The van der Waals surface area contributed by atoms with Gasteiger partial charge >= 0.3 is 0 Å². The van der Waals surface area contributed by atoms with Crippen molar-refractivity contribution in [1.29, 1.82) is 0 Å². The van der Waals surface area contributed by atoms with Crippen molar-refractivity contribution in [2.45, 2.75) is 46.1 Å². The highest BCUT2D eigenvalue weighted by molar-refractivity contribution is 6.32. The van der Waals surface area contributed by atoms with Gasteiger partial charge in [0.1, 0.15) is 5.75 Å². The SMILES string of the molecule is CCCC(C)COc1ccc(CC(C)N)cc1Cl. The van der Waals surface area contributed by atoms with Crippen LogP contribution in [0.4, 0.5) is 0 Å². The molecule has 2 unspecified atom stereocenters. The lowest BCUT2D eigenvalue weighted by atomic mass is 10.1. The Hall–Kier alpha value is -0.730. The van der Waals surface area contributed by atoms with E-state index in [0.29, 0.717) is 10.9 Å². The van der Waals surface area contributed by atoms with E-state index in [1.807, 2.05) is 25.1 Å². The fourth-order valence-electron chi connectivity index (χ4n) is 1.97. The first kappa shape index (κ1) is 15.3. The molecular formula is C15H24ClNO. The molecule has 1 aromatic rings. The molecule has 0 fully saturated rings. The van der Waals surface area contributed by atoms with Gasteiger partial charge in [0.2, 0.25) is 0 Å². The van der Waals surface area contributed by atoms with Gasteiger partial charge in [0.05, 0.1) is 11.6 Å². The van der Waals surface area contributed by atoms with Crippen LogP contribution in [0.1, 0.15) is 39.2 Å². The average molecular weight is 270 g/mol. The molecule has 0 saturated heterocycles. The molecule has 102 valence electrons. The van der Waals surface area contributed by atoms with Gasteiger partial charge in [-0.3, -0.25) is 0 Å². The van der Waals surface area contributed by atoms with E-state index in [1.54, 1.807) is 0 Å². The maximum Gasteiger partial charge on any atom is 0.137 e. The molecule has 0 saturated carbocycles. The zero-order chi connectivity index (χ0) is 13.5. The van der Waals surface area contributed by atoms with Crippen molar-refractivity contribution in [3.8, 4) is 5.75 Å². The van der Waals surface area contributed by atoms with Crippen LogP contribution in [-0.2, 0) is 6.42 Å². The Bertz CT molecular complexity index is 366. The van der Waals surface area contributed by atoms with Gasteiger partial charge in [-0.1, -0.05) is 37.9 Å². The summed E-state index contributed by atoms with van der Waals surface area (Å²) in [7, 11) is 0. The van der Waals surface area contributed by atoms with E-state index in [9.17, 15) is 0 Å². The molecular weight excluding hydrogens is 246 g/mol. The van der Waals surface area contributed by atoms with E-state index in [2.05, 4.69) is 13.8 Å². The first-order valence-corrected chi connectivity index (χ1v) is 7.07. The summed E-state index contributed by atoms with van der Waals surface area (Å²) in [4.78, 5) is 0. The van der Waals surface area contributed by atoms with Crippen molar-refractivity contribution < 1.29 is 4.74 Å². The minimum absolute atomic E-state index is 0.150. The Morgan fingerprint density at radius 1 is 1.33 bits per heavy atom. The van der Waals surface area contributed by atoms with Crippen LogP contribution < -0.4 is 10.5 Å². The molecule has 0 amide bonds. The van der Waals surface area contributed by atoms with E-state index >= 15 is 0 Å². The number of benzene rings is 1. The molecule has 0 spiro atoms. The highest BCUT2D eigenvalue weighted by atomic mass is 35.5. The second-order valence-electron chi connectivity index (χ2n) is 5.15. The fourth-order valence-corrected chi connectivity index (χ4v) is 2.23. The molecule has 0 aliphatic heterocycles. The predicted octanol–water partition coefficient (Wildman–Crippen LogP) is 4.04. The quantitative estimate of drug-likeness (QED) is 0.811. The minimum atomic E-state index is 0.150. The lowest BCUT2D eigenvalue weighted by Crippen LogP contribution is -2.17. The summed E-state index contributed by atoms with van der Waals surface area (Å²) in [5.41, 5.74) is 6.93. The van der Waals surface area contributed by atoms with Gasteiger partial charge in [-0.15, -0.1) is 0 Å². The topological polar surface area (TPSA) is 35.2 Å². The predicted molar refractivity (Wildman–Crippen MR) is 78.4 cm³/mol. The monoisotopic (exact) mass is 269 g/mol. The number of hydrogen-bond donors (Lipinski definition) is 1. The lowest BCUT2D eigenvalue weighted by Gasteiger charge is -2.14. The third-order valence-corrected chi connectivity index (χ3v) is 3.15.